The van der Waals surface area contributed by atoms with E-state index in [-0.39, 0.29) is 28.7 Å². The van der Waals surface area contributed by atoms with Crippen molar-refractivity contribution in [3.63, 3.8) is 0 Å². The van der Waals surface area contributed by atoms with Crippen molar-refractivity contribution < 1.29 is 27.5 Å². The number of ether oxygens (including phenoxy) is 2. The van der Waals surface area contributed by atoms with Crippen LogP contribution in [0.1, 0.15) is 17.3 Å². The minimum atomic E-state index is -3.77. The third-order valence-electron chi connectivity index (χ3n) is 3.57. The zero-order chi connectivity index (χ0) is 20.7. The molecule has 0 bridgehead atoms. The van der Waals surface area contributed by atoms with Gasteiger partial charge in [-0.05, 0) is 43.3 Å². The van der Waals surface area contributed by atoms with Gasteiger partial charge in [0, 0.05) is 0 Å². The van der Waals surface area contributed by atoms with E-state index in [9.17, 15) is 18.0 Å². The number of carbonyl (C=O) groups is 2. The van der Waals surface area contributed by atoms with Crippen molar-refractivity contribution in [3.8, 4) is 5.75 Å². The van der Waals surface area contributed by atoms with Gasteiger partial charge in [0.05, 0.1) is 15.5 Å². The Bertz CT molecular complexity index is 947. The summed E-state index contributed by atoms with van der Waals surface area (Å²) in [5, 5.41) is 7.79. The van der Waals surface area contributed by atoms with Crippen LogP contribution in [-0.2, 0) is 19.6 Å². The fraction of sp³-hybridized carbons (Fsp3) is 0.222. The van der Waals surface area contributed by atoms with E-state index >= 15 is 0 Å². The van der Waals surface area contributed by atoms with Gasteiger partial charge in [0.25, 0.3) is 5.91 Å². The predicted molar refractivity (Wildman–Crippen MR) is 103 cm³/mol. The van der Waals surface area contributed by atoms with Crippen molar-refractivity contribution in [2.24, 2.45) is 5.14 Å². The number of primary sulfonamides is 1. The minimum absolute atomic E-state index is 0.0330. The lowest BCUT2D eigenvalue weighted by Gasteiger charge is -2.14. The summed E-state index contributed by atoms with van der Waals surface area (Å²) in [6.07, 6.45) is 0. The van der Waals surface area contributed by atoms with Crippen LogP contribution < -0.4 is 15.2 Å². The number of hydrogen-bond acceptors (Lipinski definition) is 6. The van der Waals surface area contributed by atoms with E-state index < -0.39 is 27.9 Å². The van der Waals surface area contributed by atoms with Gasteiger partial charge in [0.2, 0.25) is 10.0 Å². The Kier molecular flexibility index (Phi) is 7.38. The molecule has 2 aromatic carbocycles. The van der Waals surface area contributed by atoms with Gasteiger partial charge in [0.1, 0.15) is 25.0 Å². The van der Waals surface area contributed by atoms with Gasteiger partial charge in [-0.25, -0.2) is 18.4 Å². The molecule has 0 heterocycles. The highest BCUT2D eigenvalue weighted by Gasteiger charge is 2.19. The molecule has 0 radical (unpaired) electrons. The molecule has 0 saturated heterocycles. The summed E-state index contributed by atoms with van der Waals surface area (Å²) < 4.78 is 32.7. The molecule has 0 aromatic heterocycles. The Morgan fingerprint density at radius 2 is 1.75 bits per heavy atom. The van der Waals surface area contributed by atoms with Gasteiger partial charge in [0.15, 0.2) is 0 Å². The van der Waals surface area contributed by atoms with Crippen LogP contribution in [0.3, 0.4) is 0 Å². The standard InChI is InChI=1S/C18H19ClN2O6S/c1-12(21-17(22)15-4-2-3-5-16(15)19)18(23)27-11-10-26-13-6-8-14(9-7-13)28(20,24)25/h2-9,12H,10-11H2,1H3,(H,21,22)(H2,20,24,25). The first kappa shape index (κ1) is 21.7. The summed E-state index contributed by atoms with van der Waals surface area (Å²) >= 11 is 5.94. The molecular weight excluding hydrogens is 408 g/mol. The van der Waals surface area contributed by atoms with Crippen LogP contribution in [0.15, 0.2) is 53.4 Å². The van der Waals surface area contributed by atoms with Gasteiger partial charge in [-0.3, -0.25) is 4.79 Å². The first-order valence-electron chi connectivity index (χ1n) is 8.16. The first-order valence-corrected chi connectivity index (χ1v) is 10.1. The number of carbonyl (C=O) groups excluding carboxylic acids is 2. The van der Waals surface area contributed by atoms with Crippen LogP contribution in [0.5, 0.6) is 5.75 Å². The van der Waals surface area contributed by atoms with Crippen LogP contribution in [0.25, 0.3) is 0 Å². The van der Waals surface area contributed by atoms with Crippen molar-refractivity contribution in [2.75, 3.05) is 13.2 Å². The zero-order valence-electron chi connectivity index (χ0n) is 14.9. The molecule has 8 nitrogen and oxygen atoms in total. The van der Waals surface area contributed by atoms with Crippen molar-refractivity contribution in [2.45, 2.75) is 17.9 Å². The van der Waals surface area contributed by atoms with Crippen molar-refractivity contribution >= 4 is 33.5 Å². The van der Waals surface area contributed by atoms with Crippen molar-refractivity contribution in [1.29, 1.82) is 0 Å². The van der Waals surface area contributed by atoms with E-state index in [0.717, 1.165) is 0 Å². The predicted octanol–water partition coefficient (Wildman–Crippen LogP) is 1.73. The average Bonchev–Trinajstić information content (AvgIpc) is 2.65. The molecule has 0 aliphatic rings. The zero-order valence-corrected chi connectivity index (χ0v) is 16.5. The highest BCUT2D eigenvalue weighted by Crippen LogP contribution is 2.15. The van der Waals surface area contributed by atoms with E-state index in [1.807, 2.05) is 0 Å². The highest BCUT2D eigenvalue weighted by molar-refractivity contribution is 7.89. The topological polar surface area (TPSA) is 125 Å². The summed E-state index contributed by atoms with van der Waals surface area (Å²) in [5.41, 5.74) is 0.259. The fourth-order valence-electron chi connectivity index (χ4n) is 2.13. The second kappa shape index (κ2) is 9.54. The largest absolute Gasteiger partial charge is 0.490 e. The highest BCUT2D eigenvalue weighted by atomic mass is 35.5. The van der Waals surface area contributed by atoms with Crippen LogP contribution in [0.4, 0.5) is 0 Å². The Labute approximate surface area is 167 Å². The van der Waals surface area contributed by atoms with Crippen LogP contribution in [0.2, 0.25) is 5.02 Å². The molecule has 1 unspecified atom stereocenters. The molecule has 10 heteroatoms. The third-order valence-corrected chi connectivity index (χ3v) is 4.83. The van der Waals surface area contributed by atoms with E-state index in [4.69, 9.17) is 26.2 Å². The molecule has 0 fully saturated rings. The Balaban J connectivity index is 1.76. The maximum atomic E-state index is 12.1. The number of nitrogens with one attached hydrogen (secondary N) is 1. The number of rotatable bonds is 8. The van der Waals surface area contributed by atoms with Crippen LogP contribution in [-0.4, -0.2) is 39.5 Å². The molecule has 2 rings (SSSR count). The molecule has 0 spiro atoms. The lowest BCUT2D eigenvalue weighted by atomic mass is 10.2. The van der Waals surface area contributed by atoms with Crippen molar-refractivity contribution in [1.82, 2.24) is 5.32 Å². The molecule has 3 N–H and O–H groups in total. The summed E-state index contributed by atoms with van der Waals surface area (Å²) in [6.45, 7) is 1.48. The van der Waals surface area contributed by atoms with Crippen LogP contribution in [0, 0.1) is 0 Å². The number of benzene rings is 2. The molecule has 1 amide bonds. The average molecular weight is 427 g/mol. The molecule has 150 valence electrons. The maximum Gasteiger partial charge on any atom is 0.328 e. The summed E-state index contributed by atoms with van der Waals surface area (Å²) in [4.78, 5) is 24.0. The fourth-order valence-corrected chi connectivity index (χ4v) is 2.87. The molecular formula is C18H19ClN2O6S. The summed E-state index contributed by atoms with van der Waals surface area (Å²) in [5.74, 6) is -0.724. The molecule has 0 saturated carbocycles. The number of amides is 1. The maximum absolute atomic E-state index is 12.1. The van der Waals surface area contributed by atoms with E-state index in [1.54, 1.807) is 24.3 Å². The Morgan fingerprint density at radius 1 is 1.11 bits per heavy atom. The Hall–Kier alpha value is -2.62. The second-order valence-corrected chi connectivity index (χ2v) is 7.68. The van der Waals surface area contributed by atoms with E-state index in [1.165, 1.54) is 31.2 Å². The number of sulfonamides is 1. The molecule has 1 atom stereocenters. The molecule has 0 aliphatic carbocycles. The minimum Gasteiger partial charge on any atom is -0.490 e. The van der Waals surface area contributed by atoms with E-state index in [2.05, 4.69) is 5.32 Å². The second-order valence-electron chi connectivity index (χ2n) is 5.71. The number of halogens is 1. The van der Waals surface area contributed by atoms with Crippen LogP contribution >= 0.6 is 11.6 Å². The molecule has 0 aliphatic heterocycles. The number of nitrogens with two attached hydrogens (primary N) is 1. The van der Waals surface area contributed by atoms with Gasteiger partial charge in [-0.15, -0.1) is 0 Å². The van der Waals surface area contributed by atoms with Crippen molar-refractivity contribution in [3.05, 3.63) is 59.1 Å². The molecule has 28 heavy (non-hydrogen) atoms. The smallest absolute Gasteiger partial charge is 0.328 e. The van der Waals surface area contributed by atoms with Gasteiger partial charge < -0.3 is 14.8 Å². The summed E-state index contributed by atoms with van der Waals surface area (Å²) in [7, 11) is -3.77. The first-order chi connectivity index (χ1) is 13.2. The lowest BCUT2D eigenvalue weighted by molar-refractivity contribution is -0.146. The normalized spacial score (nSPS) is 12.1. The van der Waals surface area contributed by atoms with Gasteiger partial charge in [-0.2, -0.15) is 0 Å². The SMILES string of the molecule is CC(NC(=O)c1ccccc1Cl)C(=O)OCCOc1ccc(S(N)(=O)=O)cc1. The quantitative estimate of drug-likeness (QED) is 0.489. The molecule has 2 aromatic rings. The van der Waals surface area contributed by atoms with Gasteiger partial charge in [-0.1, -0.05) is 23.7 Å². The summed E-state index contributed by atoms with van der Waals surface area (Å²) in [6, 6.07) is 11.1. The third kappa shape index (κ3) is 6.22. The van der Waals surface area contributed by atoms with Gasteiger partial charge >= 0.3 is 5.97 Å². The number of esters is 1. The monoisotopic (exact) mass is 426 g/mol. The Morgan fingerprint density at radius 3 is 2.36 bits per heavy atom. The number of hydrogen-bond donors (Lipinski definition) is 2. The lowest BCUT2D eigenvalue weighted by Crippen LogP contribution is -2.40. The van der Waals surface area contributed by atoms with E-state index in [0.29, 0.717) is 5.75 Å².